The van der Waals surface area contributed by atoms with Crippen LogP contribution in [0.15, 0.2) is 121 Å². The quantitative estimate of drug-likeness (QED) is 0.0169. The van der Waals surface area contributed by atoms with E-state index in [1.807, 2.05) is 60.7 Å². The molecule has 6 rings (SSSR count). The van der Waals surface area contributed by atoms with Crippen molar-refractivity contribution in [1.82, 2.24) is 46.2 Å². The summed E-state index contributed by atoms with van der Waals surface area (Å²) in [6.07, 6.45) is 11.1. The summed E-state index contributed by atoms with van der Waals surface area (Å²) in [5, 5.41) is 15.7. The number of nitrogens with one attached hydrogen (secondary N) is 5. The summed E-state index contributed by atoms with van der Waals surface area (Å²) in [6, 6.07) is 20.9. The standard InChI is InChI=1S/C72H101N9O12/c1-11-54-24-28-56(29-25-54)45-78(69(86)73-36-40-90-65(82)49(2)3)61-20-14-16-22-63(61)80(71(88)75-38-42-92-67(84)51(6)7)47-58-32-34-59(35-33-58)48-81(72(89)76-39-43-93-68(85)52(8)9)64-23-17-15-21-62(64)79(70(87)74-37-41-91-66(83)50(4)5)46-57-30-26-55(27-31-57)44-77-60-19-13-12-18-53(60)10/h24-35,53,60-64,77H,2,4,6,8,11-23,36-48H2,1,3,5,7,9-10H3,(H,73,86)(H,74,87)(H,75,88)(H,76,89). The van der Waals surface area contributed by atoms with Gasteiger partial charge in [-0.3, -0.25) is 0 Å². The third kappa shape index (κ3) is 23.6. The Morgan fingerprint density at radius 2 is 0.634 bits per heavy atom. The molecule has 3 fully saturated rings. The molecule has 506 valence electrons. The fraction of sp³-hybridized carbons (Fsp3) is 0.528. The summed E-state index contributed by atoms with van der Waals surface area (Å²) in [6.45, 7) is 26.4. The van der Waals surface area contributed by atoms with Gasteiger partial charge in [0.05, 0.1) is 50.3 Å². The lowest BCUT2D eigenvalue weighted by Crippen LogP contribution is -2.59. The molecule has 93 heavy (non-hydrogen) atoms. The van der Waals surface area contributed by atoms with Crippen LogP contribution in [0.1, 0.15) is 152 Å². The predicted octanol–water partition coefficient (Wildman–Crippen LogP) is 10.5. The maximum Gasteiger partial charge on any atom is 0.333 e. The first-order valence-electron chi connectivity index (χ1n) is 33.1. The number of hydrogen-bond acceptors (Lipinski definition) is 13. The second kappa shape index (κ2) is 37.9. The maximum atomic E-state index is 14.9. The number of hydrogen-bond donors (Lipinski definition) is 5. The number of esters is 4. The third-order valence-electron chi connectivity index (χ3n) is 17.4. The molecule has 0 heterocycles. The molecule has 6 unspecified atom stereocenters. The van der Waals surface area contributed by atoms with E-state index in [2.05, 4.69) is 78.9 Å². The average Bonchev–Trinajstić information content (AvgIpc) is 0.909. The molecule has 3 aromatic rings. The third-order valence-corrected chi connectivity index (χ3v) is 17.4. The molecular formula is C72H101N9O12. The van der Waals surface area contributed by atoms with Gasteiger partial charge in [0.1, 0.15) is 26.4 Å². The first-order valence-corrected chi connectivity index (χ1v) is 33.1. The van der Waals surface area contributed by atoms with Crippen LogP contribution < -0.4 is 26.6 Å². The lowest BCUT2D eigenvalue weighted by atomic mass is 9.86. The Labute approximate surface area is 550 Å². The Kier molecular flexibility index (Phi) is 30.0. The van der Waals surface area contributed by atoms with Crippen molar-refractivity contribution in [3.63, 3.8) is 0 Å². The van der Waals surface area contributed by atoms with E-state index in [-0.39, 0.29) is 113 Å². The number of nitrogens with zero attached hydrogens (tertiary/aromatic N) is 4. The lowest BCUT2D eigenvalue weighted by molar-refractivity contribution is -0.139. The minimum Gasteiger partial charge on any atom is -0.460 e. The topological polar surface area (TPSA) is 247 Å². The van der Waals surface area contributed by atoms with Gasteiger partial charge >= 0.3 is 48.0 Å². The van der Waals surface area contributed by atoms with Crippen molar-refractivity contribution in [2.75, 3.05) is 52.6 Å². The summed E-state index contributed by atoms with van der Waals surface area (Å²) in [4.78, 5) is 115. The number of carbonyl (C=O) groups is 8. The molecular weight excluding hydrogens is 1180 g/mol. The summed E-state index contributed by atoms with van der Waals surface area (Å²) in [5.74, 6) is -1.68. The molecule has 0 saturated heterocycles. The predicted molar refractivity (Wildman–Crippen MR) is 358 cm³/mol. The minimum atomic E-state index is -0.581. The van der Waals surface area contributed by atoms with E-state index in [1.54, 1.807) is 47.3 Å². The molecule has 3 aliphatic rings. The van der Waals surface area contributed by atoms with E-state index in [9.17, 15) is 38.4 Å². The largest absolute Gasteiger partial charge is 0.460 e. The van der Waals surface area contributed by atoms with Crippen LogP contribution in [-0.4, -0.2) is 150 Å². The normalized spacial score (nSPS) is 18.4. The number of benzene rings is 3. The fourth-order valence-electron chi connectivity index (χ4n) is 12.2. The van der Waals surface area contributed by atoms with Gasteiger partial charge in [0, 0.05) is 61.1 Å². The number of aryl methyl sites for hydroxylation is 1. The van der Waals surface area contributed by atoms with E-state index >= 15 is 0 Å². The number of carbonyl (C=O) groups excluding carboxylic acids is 8. The number of urea groups is 4. The van der Waals surface area contributed by atoms with Crippen molar-refractivity contribution < 1.29 is 57.3 Å². The average molecular weight is 1280 g/mol. The number of rotatable bonds is 32. The van der Waals surface area contributed by atoms with Gasteiger partial charge in [-0.2, -0.15) is 0 Å². The van der Waals surface area contributed by atoms with Crippen LogP contribution in [0.5, 0.6) is 0 Å². The van der Waals surface area contributed by atoms with Crippen molar-refractivity contribution in [2.45, 2.75) is 188 Å². The summed E-state index contributed by atoms with van der Waals surface area (Å²) in [7, 11) is 0. The van der Waals surface area contributed by atoms with Crippen LogP contribution in [0.2, 0.25) is 0 Å². The van der Waals surface area contributed by atoms with Gasteiger partial charge in [0.15, 0.2) is 0 Å². The zero-order chi connectivity index (χ0) is 67.4. The highest BCUT2D eigenvalue weighted by Crippen LogP contribution is 2.33. The molecule has 5 N–H and O–H groups in total. The zero-order valence-electron chi connectivity index (χ0n) is 55.8. The van der Waals surface area contributed by atoms with Crippen molar-refractivity contribution in [1.29, 1.82) is 0 Å². The van der Waals surface area contributed by atoms with Crippen LogP contribution in [-0.2, 0) is 77.3 Å². The molecule has 0 aromatic heterocycles. The monoisotopic (exact) mass is 1280 g/mol. The Morgan fingerprint density at radius 3 is 0.892 bits per heavy atom. The molecule has 0 bridgehead atoms. The number of amides is 8. The molecule has 3 aromatic carbocycles. The first-order chi connectivity index (χ1) is 44.6. The van der Waals surface area contributed by atoms with Crippen LogP contribution in [0.4, 0.5) is 19.2 Å². The smallest absolute Gasteiger partial charge is 0.333 e. The van der Waals surface area contributed by atoms with E-state index in [1.165, 1.54) is 19.3 Å². The van der Waals surface area contributed by atoms with Crippen LogP contribution >= 0.6 is 0 Å². The molecule has 3 aliphatic carbocycles. The fourth-order valence-corrected chi connectivity index (χ4v) is 12.2. The summed E-state index contributed by atoms with van der Waals surface area (Å²) in [5.41, 5.74) is 6.51. The van der Waals surface area contributed by atoms with Crippen molar-refractivity contribution in [2.24, 2.45) is 5.92 Å². The second-order valence-corrected chi connectivity index (χ2v) is 25.0. The van der Waals surface area contributed by atoms with E-state index in [4.69, 9.17) is 18.9 Å². The maximum absolute atomic E-state index is 14.9. The highest BCUT2D eigenvalue weighted by Gasteiger charge is 2.41. The lowest BCUT2D eigenvalue weighted by Gasteiger charge is -2.45. The molecule has 21 heteroatoms. The minimum absolute atomic E-state index is 0.00410. The zero-order valence-corrected chi connectivity index (χ0v) is 55.8. The molecule has 3 saturated carbocycles. The molecule has 8 amide bonds. The van der Waals surface area contributed by atoms with Gasteiger partial charge in [0.2, 0.25) is 0 Å². The summed E-state index contributed by atoms with van der Waals surface area (Å²) >= 11 is 0. The Hall–Kier alpha value is -8.46. The van der Waals surface area contributed by atoms with Crippen LogP contribution in [0, 0.1) is 5.92 Å². The first kappa shape index (κ1) is 73.6. The van der Waals surface area contributed by atoms with Crippen molar-refractivity contribution >= 4 is 48.0 Å². The van der Waals surface area contributed by atoms with Crippen molar-refractivity contribution in [3.8, 4) is 0 Å². The molecule has 21 nitrogen and oxygen atoms in total. The molecule has 0 radical (unpaired) electrons. The van der Waals surface area contributed by atoms with Gasteiger partial charge in [-0.1, -0.05) is 151 Å². The summed E-state index contributed by atoms with van der Waals surface area (Å²) < 4.78 is 21.4. The Morgan fingerprint density at radius 1 is 0.387 bits per heavy atom. The van der Waals surface area contributed by atoms with Gasteiger partial charge in [-0.25, -0.2) is 38.4 Å². The van der Waals surface area contributed by atoms with Crippen molar-refractivity contribution in [3.05, 3.63) is 155 Å². The van der Waals surface area contributed by atoms with Gasteiger partial charge in [-0.05, 0) is 112 Å². The van der Waals surface area contributed by atoms with Gasteiger partial charge in [-0.15, -0.1) is 0 Å². The molecule has 0 aliphatic heterocycles. The highest BCUT2D eigenvalue weighted by atomic mass is 16.5. The Balaban J connectivity index is 1.31. The van der Waals surface area contributed by atoms with E-state index < -0.39 is 60.1 Å². The number of ether oxygens (including phenoxy) is 4. The van der Waals surface area contributed by atoms with Gasteiger partial charge in [0.25, 0.3) is 0 Å². The van der Waals surface area contributed by atoms with E-state index in [0.717, 1.165) is 78.5 Å². The van der Waals surface area contributed by atoms with Crippen LogP contribution in [0.3, 0.4) is 0 Å². The van der Waals surface area contributed by atoms with E-state index in [0.29, 0.717) is 37.6 Å². The molecule has 6 atom stereocenters. The van der Waals surface area contributed by atoms with Gasteiger partial charge < -0.3 is 65.1 Å². The molecule has 0 spiro atoms. The highest BCUT2D eigenvalue weighted by molar-refractivity contribution is 5.88. The van der Waals surface area contributed by atoms with Crippen LogP contribution in [0.25, 0.3) is 0 Å². The SMILES string of the molecule is C=C(C)C(=O)OCCNC(=O)N(Cc1ccc(CC)cc1)C1CCCCC1N(Cc1ccc(CN(C(=O)NCCOC(=O)C(=C)C)C2CCCCC2N(Cc2ccc(CNC3CCCCC3C)cc2)C(=O)NCCOC(=O)C(=C)C)cc1)C(=O)NCCOC(=O)C(=C)C. The second-order valence-electron chi connectivity index (χ2n) is 25.0. The Bertz CT molecular complexity index is 3040.